The quantitative estimate of drug-likeness (QED) is 0.0330. The molecule has 0 aromatic heterocycles. The van der Waals surface area contributed by atoms with Gasteiger partial charge in [0.2, 0.25) is 0 Å². The summed E-state index contributed by atoms with van der Waals surface area (Å²) in [5.41, 5.74) is -4.43. The maximum Gasteiger partial charge on any atom is 0.335 e. The molecule has 4 saturated heterocycles. The molecule has 0 aromatic rings. The summed E-state index contributed by atoms with van der Waals surface area (Å²) in [4.78, 5) is 38.7. The van der Waals surface area contributed by atoms with E-state index in [0.717, 1.165) is 5.57 Å². The zero-order chi connectivity index (χ0) is 65.7. The predicted molar refractivity (Wildman–Crippen MR) is 300 cm³/mol. The molecule has 0 radical (unpaired) electrons. The predicted octanol–water partition coefficient (Wildman–Crippen LogP) is -2.47. The van der Waals surface area contributed by atoms with Crippen LogP contribution in [0.2, 0.25) is 0 Å². The summed E-state index contributed by atoms with van der Waals surface area (Å²) in [5.74, 6) is -4.21. The molecule has 0 spiro atoms. The number of carboxylic acids is 1. The zero-order valence-corrected chi connectivity index (χ0v) is 52.0. The number of allylic oxidation sites excluding steroid dienone is 3. The zero-order valence-electron chi connectivity index (χ0n) is 52.0. The number of fused-ring (bicyclic) bond motifs is 7. The van der Waals surface area contributed by atoms with Crippen molar-refractivity contribution in [1.82, 2.24) is 0 Å². The average molecular weight is 1280 g/mol. The molecule has 0 amide bonds. The van der Waals surface area contributed by atoms with E-state index >= 15 is 0 Å². The van der Waals surface area contributed by atoms with Crippen molar-refractivity contribution in [1.29, 1.82) is 0 Å². The van der Waals surface area contributed by atoms with Crippen LogP contribution in [0, 0.1) is 50.2 Å². The minimum absolute atomic E-state index is 0.0948. The van der Waals surface area contributed by atoms with Gasteiger partial charge in [-0.1, -0.05) is 59.3 Å². The highest BCUT2D eigenvalue weighted by Crippen LogP contribution is 2.76. The number of carboxylic acid groups (broad SMARTS) is 1. The Morgan fingerprint density at radius 2 is 1.21 bits per heavy atom. The molecule has 15 N–H and O–H groups in total. The number of aliphatic hydroxyl groups is 14. The van der Waals surface area contributed by atoms with Crippen molar-refractivity contribution in [2.45, 2.75) is 261 Å². The molecule has 5 aliphatic carbocycles. The van der Waals surface area contributed by atoms with Crippen LogP contribution in [-0.4, -0.2) is 268 Å². The van der Waals surface area contributed by atoms with Gasteiger partial charge in [-0.25, -0.2) is 9.59 Å². The van der Waals surface area contributed by atoms with Crippen LogP contribution >= 0.6 is 0 Å². The summed E-state index contributed by atoms with van der Waals surface area (Å²) in [5, 5.41) is 168. The van der Waals surface area contributed by atoms with Crippen molar-refractivity contribution >= 4 is 17.9 Å². The largest absolute Gasteiger partial charge is 0.479 e. The number of carbonyl (C=O) groups is 3. The van der Waals surface area contributed by atoms with Crippen molar-refractivity contribution < 1.29 is 138 Å². The minimum Gasteiger partial charge on any atom is -0.479 e. The van der Waals surface area contributed by atoms with Gasteiger partial charge in [0.05, 0.1) is 55.8 Å². The number of hydrogen-bond acceptors (Lipinski definition) is 27. The minimum atomic E-state index is -2.20. The molecule has 0 bridgehead atoms. The second-order valence-electron chi connectivity index (χ2n) is 28.4. The Morgan fingerprint density at radius 3 is 1.76 bits per heavy atom. The molecule has 4 saturated carbocycles. The van der Waals surface area contributed by atoms with Gasteiger partial charge in [0.25, 0.3) is 0 Å². The first-order valence-corrected chi connectivity index (χ1v) is 31.0. The molecule has 28 nitrogen and oxygen atoms in total. The van der Waals surface area contributed by atoms with E-state index in [1.807, 2.05) is 20.8 Å². The molecular weight excluding hydrogens is 1180 g/mol. The fraction of sp³-hybridized carbons (Fsp3) is 0.885. The Labute approximate surface area is 516 Å². The van der Waals surface area contributed by atoms with Crippen LogP contribution in [0.5, 0.6) is 0 Å². The van der Waals surface area contributed by atoms with E-state index in [-0.39, 0.29) is 36.7 Å². The van der Waals surface area contributed by atoms with Gasteiger partial charge in [-0.2, -0.15) is 0 Å². The first kappa shape index (κ1) is 70.3. The maximum atomic E-state index is 13.2. The normalized spacial score (nSPS) is 51.5. The van der Waals surface area contributed by atoms with Crippen LogP contribution in [0.4, 0.5) is 0 Å². The van der Waals surface area contributed by atoms with Gasteiger partial charge in [-0.15, -0.1) is 0 Å². The van der Waals surface area contributed by atoms with Gasteiger partial charge in [0.1, 0.15) is 86.0 Å². The van der Waals surface area contributed by atoms with Gasteiger partial charge >= 0.3 is 17.9 Å². The first-order chi connectivity index (χ1) is 41.6. The standard InChI is InChI=1S/C61H96O28/c1-11-24(2)51(79)85-44-25(3)81-52(42(74)39(44)71)89-49-48(76)61(23-80-26(4)65)28(18-56(49,5)6)27-12-13-32-57(7)16-15-34(58(8,22-64)31(57)14-17-59(32,9)60(27,10)19-33(61)66)84-55-46(87-54-41(73)38(70)36(68)30(21-63)83-54)43(75)45(47(88-55)50(77)78)86-53-40(72)37(69)35(67)29(20-62)82-53/h11-12,25,28-49,52-55,62-64,66-76H,13-23H2,1-10H3,(H,77,78). The summed E-state index contributed by atoms with van der Waals surface area (Å²) in [6, 6.07) is 0. The first-order valence-electron chi connectivity index (χ1n) is 31.0. The Morgan fingerprint density at radius 1 is 0.640 bits per heavy atom. The molecule has 32 unspecified atom stereocenters. The molecule has 28 heteroatoms. The summed E-state index contributed by atoms with van der Waals surface area (Å²) in [6.45, 7) is 15.4. The summed E-state index contributed by atoms with van der Waals surface area (Å²) in [7, 11) is 0. The molecule has 4 heterocycles. The van der Waals surface area contributed by atoms with Crippen LogP contribution in [0.1, 0.15) is 114 Å². The van der Waals surface area contributed by atoms with Gasteiger partial charge in [0, 0.05) is 17.9 Å². The third kappa shape index (κ3) is 11.7. The van der Waals surface area contributed by atoms with Crippen LogP contribution in [0.15, 0.2) is 23.3 Å². The lowest BCUT2D eigenvalue weighted by Crippen LogP contribution is -2.73. The van der Waals surface area contributed by atoms with Gasteiger partial charge in [-0.05, 0) is 105 Å². The Hall–Kier alpha value is -2.99. The van der Waals surface area contributed by atoms with E-state index in [0.29, 0.717) is 25.7 Å². The third-order valence-electron chi connectivity index (χ3n) is 23.1. The highest BCUT2D eigenvalue weighted by atomic mass is 16.8. The molecule has 508 valence electrons. The van der Waals surface area contributed by atoms with E-state index in [9.17, 15) is 91.0 Å². The highest BCUT2D eigenvalue weighted by Gasteiger charge is 2.74. The van der Waals surface area contributed by atoms with E-state index in [4.69, 9.17) is 47.4 Å². The average Bonchev–Trinajstić information content (AvgIpc) is 0.675. The molecule has 89 heavy (non-hydrogen) atoms. The van der Waals surface area contributed by atoms with E-state index in [1.165, 1.54) is 6.92 Å². The van der Waals surface area contributed by atoms with E-state index in [1.54, 1.807) is 26.8 Å². The van der Waals surface area contributed by atoms with Crippen LogP contribution in [0.25, 0.3) is 0 Å². The number of rotatable bonds is 16. The molecular formula is C61H96O28. The van der Waals surface area contributed by atoms with Crippen molar-refractivity contribution in [3.8, 4) is 0 Å². The second-order valence-corrected chi connectivity index (χ2v) is 28.4. The molecule has 8 fully saturated rings. The van der Waals surface area contributed by atoms with Crippen molar-refractivity contribution in [3.63, 3.8) is 0 Å². The highest BCUT2D eigenvalue weighted by molar-refractivity contribution is 5.87. The Balaban J connectivity index is 1.00. The van der Waals surface area contributed by atoms with Crippen LogP contribution < -0.4 is 0 Å². The molecule has 9 aliphatic rings. The number of aliphatic hydroxyl groups excluding tert-OH is 14. The number of aliphatic carboxylic acids is 1. The molecule has 4 aliphatic heterocycles. The van der Waals surface area contributed by atoms with Gasteiger partial charge in [-0.3, -0.25) is 4.79 Å². The lowest BCUT2D eigenvalue weighted by Gasteiger charge is -2.72. The number of esters is 2. The SMILES string of the molecule is CC=C(C)C(=O)OC1C(C)OC(OC2C(O)C3(COC(C)=O)C(O)CC4(C)C(=CCC5C6(C)CCC(OC7OC(C(=O)O)C(OC8OC(CO)C(O)C(O)C8O)C(O)C7OC7OC(CO)C(O)C(O)C7O)C(C)(CO)C6CCC54C)C3CC2(C)C)C(O)C1O. The van der Waals surface area contributed by atoms with Gasteiger partial charge in [0.15, 0.2) is 37.4 Å². The lowest BCUT2D eigenvalue weighted by atomic mass is 9.33. The Bertz CT molecular complexity index is 2600. The number of carbonyl (C=O) groups excluding carboxylic acids is 2. The summed E-state index contributed by atoms with van der Waals surface area (Å²) in [6.07, 6.45) is -35.2. The fourth-order valence-corrected chi connectivity index (χ4v) is 17.6. The van der Waals surface area contributed by atoms with Crippen molar-refractivity contribution in [2.24, 2.45) is 50.2 Å². The topological polar surface area (TPSA) is 447 Å². The maximum absolute atomic E-state index is 13.2. The van der Waals surface area contributed by atoms with E-state index in [2.05, 4.69) is 26.8 Å². The second kappa shape index (κ2) is 26.0. The monoisotopic (exact) mass is 1280 g/mol. The van der Waals surface area contributed by atoms with Crippen molar-refractivity contribution in [3.05, 3.63) is 23.3 Å². The number of hydrogen-bond donors (Lipinski definition) is 15. The fourth-order valence-electron chi connectivity index (χ4n) is 17.6. The van der Waals surface area contributed by atoms with Gasteiger partial charge < -0.3 is 124 Å². The number of ether oxygens (including phenoxy) is 10. The van der Waals surface area contributed by atoms with Crippen LogP contribution in [-0.2, 0) is 61.8 Å². The molecule has 32 atom stereocenters. The lowest BCUT2D eigenvalue weighted by molar-refractivity contribution is -0.392. The summed E-state index contributed by atoms with van der Waals surface area (Å²) >= 11 is 0. The van der Waals surface area contributed by atoms with E-state index < -0.39 is 230 Å². The van der Waals surface area contributed by atoms with Crippen LogP contribution in [0.3, 0.4) is 0 Å². The Kier molecular flexibility index (Phi) is 20.5. The summed E-state index contributed by atoms with van der Waals surface area (Å²) < 4.78 is 60.0. The smallest absolute Gasteiger partial charge is 0.335 e. The molecule has 0 aromatic carbocycles. The molecule has 9 rings (SSSR count). The van der Waals surface area contributed by atoms with Crippen molar-refractivity contribution in [2.75, 3.05) is 26.4 Å². The third-order valence-corrected chi connectivity index (χ3v) is 23.1.